The zero-order valence-corrected chi connectivity index (χ0v) is 18.0. The molecule has 1 heterocycles. The summed E-state index contributed by atoms with van der Waals surface area (Å²) in [6.45, 7) is -0.350. The molecule has 0 aliphatic carbocycles. The van der Waals surface area contributed by atoms with Crippen LogP contribution in [0.25, 0.3) is 0 Å². The molecule has 0 unspecified atom stereocenters. The van der Waals surface area contributed by atoms with Crippen LogP contribution in [0.2, 0.25) is 0 Å². The first-order valence-electron chi connectivity index (χ1n) is 9.51. The fourth-order valence-electron chi connectivity index (χ4n) is 2.70. The minimum atomic E-state index is -5.11. The SMILES string of the molecule is NC(=O)[C@H]1C[C@@H](NC(=O)C(F)(F)F)CN1C(=O)[C@H](N)CCCN=C(N)N[N+](=O)[O-].O=C(O)C(F)(F)F. The van der Waals surface area contributed by atoms with Crippen molar-refractivity contribution in [3.63, 3.8) is 0 Å². The summed E-state index contributed by atoms with van der Waals surface area (Å²) in [4.78, 5) is 58.7. The Balaban J connectivity index is 0.00000152. The number of hydrazine groups is 1. The fourth-order valence-corrected chi connectivity index (χ4v) is 2.70. The molecule has 0 aromatic carbocycles. The van der Waals surface area contributed by atoms with Crippen molar-refractivity contribution in [2.24, 2.45) is 22.2 Å². The number of nitrogens with one attached hydrogen (secondary N) is 2. The van der Waals surface area contributed by atoms with E-state index in [1.165, 1.54) is 0 Å². The van der Waals surface area contributed by atoms with Crippen LogP contribution in [-0.2, 0) is 19.2 Å². The minimum Gasteiger partial charge on any atom is -0.475 e. The Labute approximate surface area is 197 Å². The summed E-state index contributed by atoms with van der Waals surface area (Å²) < 4.78 is 68.9. The minimum absolute atomic E-state index is 0.0111. The molecule has 3 amide bonds. The predicted molar refractivity (Wildman–Crippen MR) is 105 cm³/mol. The standard InChI is InChI=1S/C13H21F3N8O5.C2HF3O2/c14-13(15,16)11(27)21-6-4-8(9(18)25)23(5-6)10(26)7(17)2-1-3-20-12(19)22-24(28)29;3-2(4,5)1(6)7/h6-8H,1-5,17H2,(H2,18,25)(H,21,27)(H3,19,20,22);(H,6,7)/t6-,7-,8-;/m1./s1. The lowest BCUT2D eigenvalue weighted by Crippen LogP contribution is -2.50. The van der Waals surface area contributed by atoms with Crippen LogP contribution in [0.4, 0.5) is 26.3 Å². The molecule has 1 rings (SSSR count). The van der Waals surface area contributed by atoms with Crippen molar-refractivity contribution < 1.29 is 55.7 Å². The molecular weight excluding hydrogens is 518 g/mol. The number of aliphatic imine (C=N–C) groups is 1. The number of nitro groups is 1. The Kier molecular flexibility index (Phi) is 11.8. The third kappa shape index (κ3) is 11.5. The number of carboxylic acid groups (broad SMARTS) is 1. The first kappa shape index (κ1) is 32.1. The number of carbonyl (C=O) groups excluding carboxylic acids is 3. The number of alkyl halides is 6. The maximum atomic E-state index is 12.5. The molecule has 0 aromatic heterocycles. The smallest absolute Gasteiger partial charge is 0.475 e. The lowest BCUT2D eigenvalue weighted by Gasteiger charge is -2.25. The number of aliphatic carboxylic acids is 1. The van der Waals surface area contributed by atoms with E-state index in [-0.39, 0.29) is 32.4 Å². The molecule has 36 heavy (non-hydrogen) atoms. The van der Waals surface area contributed by atoms with Gasteiger partial charge in [-0.2, -0.15) is 26.3 Å². The average molecular weight is 540 g/mol. The summed E-state index contributed by atoms with van der Waals surface area (Å²) in [6.07, 6.45) is -10.2. The van der Waals surface area contributed by atoms with Crippen LogP contribution in [0.1, 0.15) is 19.3 Å². The van der Waals surface area contributed by atoms with E-state index in [1.807, 2.05) is 0 Å². The molecule has 1 aliphatic heterocycles. The molecule has 1 fully saturated rings. The molecule has 9 N–H and O–H groups in total. The zero-order chi connectivity index (χ0) is 28.4. The third-order valence-electron chi connectivity index (χ3n) is 4.23. The molecular formula is C15H22F6N8O7. The van der Waals surface area contributed by atoms with E-state index in [2.05, 4.69) is 4.99 Å². The van der Waals surface area contributed by atoms with Crippen molar-refractivity contribution in [3.05, 3.63) is 10.1 Å². The summed E-state index contributed by atoms with van der Waals surface area (Å²) in [5.74, 6) is -7.07. The van der Waals surface area contributed by atoms with Crippen LogP contribution in [0.15, 0.2) is 4.99 Å². The van der Waals surface area contributed by atoms with Gasteiger partial charge in [0.1, 0.15) is 6.04 Å². The molecule has 0 saturated carbocycles. The molecule has 15 nitrogen and oxygen atoms in total. The van der Waals surface area contributed by atoms with Crippen LogP contribution < -0.4 is 27.9 Å². The van der Waals surface area contributed by atoms with Gasteiger partial charge in [-0.05, 0) is 19.3 Å². The van der Waals surface area contributed by atoms with Crippen molar-refractivity contribution in [1.29, 1.82) is 0 Å². The Morgan fingerprint density at radius 2 is 1.67 bits per heavy atom. The van der Waals surface area contributed by atoms with Crippen LogP contribution in [0, 0.1) is 10.1 Å². The number of halogens is 6. The van der Waals surface area contributed by atoms with Crippen molar-refractivity contribution in [2.75, 3.05) is 13.1 Å². The number of guanidine groups is 1. The van der Waals surface area contributed by atoms with Gasteiger partial charge in [0.15, 0.2) is 5.03 Å². The van der Waals surface area contributed by atoms with Gasteiger partial charge in [-0.25, -0.2) is 19.9 Å². The highest BCUT2D eigenvalue weighted by molar-refractivity contribution is 5.90. The predicted octanol–water partition coefficient (Wildman–Crippen LogP) is -2.04. The number of nitrogens with zero attached hydrogens (tertiary/aromatic N) is 3. The molecule has 21 heteroatoms. The van der Waals surface area contributed by atoms with Gasteiger partial charge < -0.3 is 32.5 Å². The maximum Gasteiger partial charge on any atom is 0.490 e. The first-order valence-corrected chi connectivity index (χ1v) is 9.51. The first-order chi connectivity index (χ1) is 16.3. The molecule has 206 valence electrons. The van der Waals surface area contributed by atoms with Crippen molar-refractivity contribution >= 4 is 29.7 Å². The van der Waals surface area contributed by atoms with Gasteiger partial charge >= 0.3 is 24.2 Å². The summed E-state index contributed by atoms with van der Waals surface area (Å²) in [5.41, 5.74) is 17.8. The Bertz CT molecular complexity index is 866. The second kappa shape index (κ2) is 13.3. The van der Waals surface area contributed by atoms with E-state index in [9.17, 15) is 50.8 Å². The summed E-state index contributed by atoms with van der Waals surface area (Å²) in [7, 11) is 0. The quantitative estimate of drug-likeness (QED) is 0.0491. The van der Waals surface area contributed by atoms with E-state index in [1.54, 1.807) is 10.7 Å². The Morgan fingerprint density at radius 1 is 1.14 bits per heavy atom. The number of carboxylic acids is 1. The number of rotatable bonds is 8. The fraction of sp³-hybridized carbons (Fsp3) is 0.667. The number of hydrogen-bond donors (Lipinski definition) is 6. The summed E-state index contributed by atoms with van der Waals surface area (Å²) in [6, 6.07) is -3.46. The second-order valence-electron chi connectivity index (χ2n) is 7.00. The van der Waals surface area contributed by atoms with Crippen LogP contribution >= 0.6 is 0 Å². The number of nitrogens with two attached hydrogens (primary N) is 3. The highest BCUT2D eigenvalue weighted by Crippen LogP contribution is 2.22. The number of carbonyl (C=O) groups is 4. The Hall–Kier alpha value is -3.91. The third-order valence-corrected chi connectivity index (χ3v) is 4.23. The molecule has 0 aromatic rings. The van der Waals surface area contributed by atoms with E-state index in [4.69, 9.17) is 27.1 Å². The summed E-state index contributed by atoms with van der Waals surface area (Å²) >= 11 is 0. The van der Waals surface area contributed by atoms with E-state index in [0.29, 0.717) is 0 Å². The Morgan fingerprint density at radius 3 is 2.08 bits per heavy atom. The van der Waals surface area contributed by atoms with Gasteiger partial charge in [0.25, 0.3) is 5.96 Å². The van der Waals surface area contributed by atoms with Gasteiger partial charge in [0.05, 0.1) is 6.04 Å². The van der Waals surface area contributed by atoms with Gasteiger partial charge in [-0.3, -0.25) is 14.4 Å². The molecule has 0 bridgehead atoms. The maximum absolute atomic E-state index is 12.5. The molecule has 3 atom stereocenters. The van der Waals surface area contributed by atoms with Crippen molar-refractivity contribution in [2.45, 2.75) is 49.7 Å². The number of amides is 3. The summed E-state index contributed by atoms with van der Waals surface area (Å²) in [5, 5.41) is 18.1. The van der Waals surface area contributed by atoms with Crippen LogP contribution in [-0.4, -0.2) is 88.3 Å². The molecule has 1 aliphatic rings. The molecule has 1 saturated heterocycles. The number of primary amides is 1. The van der Waals surface area contributed by atoms with Crippen LogP contribution in [0.5, 0.6) is 0 Å². The molecule has 0 radical (unpaired) electrons. The normalized spacial score (nSPS) is 19.0. The highest BCUT2D eigenvalue weighted by atomic mass is 19.4. The number of likely N-dealkylation sites (tertiary alicyclic amines) is 1. The highest BCUT2D eigenvalue weighted by Gasteiger charge is 2.45. The zero-order valence-electron chi connectivity index (χ0n) is 18.0. The molecule has 0 spiro atoms. The van der Waals surface area contributed by atoms with Gasteiger partial charge in [0.2, 0.25) is 11.8 Å². The average Bonchev–Trinajstić information content (AvgIpc) is 3.13. The number of hydrogen-bond acceptors (Lipinski definition) is 8. The second-order valence-corrected chi connectivity index (χ2v) is 7.00. The largest absolute Gasteiger partial charge is 0.490 e. The van der Waals surface area contributed by atoms with Gasteiger partial charge in [-0.1, -0.05) is 5.43 Å². The van der Waals surface area contributed by atoms with E-state index < -0.39 is 65.2 Å². The lowest BCUT2D eigenvalue weighted by molar-refractivity contribution is -0.525. The van der Waals surface area contributed by atoms with Crippen molar-refractivity contribution in [3.8, 4) is 0 Å². The van der Waals surface area contributed by atoms with Crippen molar-refractivity contribution in [1.82, 2.24) is 15.6 Å². The van der Waals surface area contributed by atoms with Gasteiger partial charge in [-0.15, -0.1) is 0 Å². The topological polar surface area (TPSA) is 249 Å². The van der Waals surface area contributed by atoms with E-state index >= 15 is 0 Å². The van der Waals surface area contributed by atoms with E-state index in [0.717, 1.165) is 4.90 Å². The monoisotopic (exact) mass is 540 g/mol. The lowest BCUT2D eigenvalue weighted by atomic mass is 10.1. The van der Waals surface area contributed by atoms with Gasteiger partial charge in [0, 0.05) is 19.1 Å². The van der Waals surface area contributed by atoms with Crippen LogP contribution in [0.3, 0.4) is 0 Å².